The number of allylic oxidation sites excluding steroid dienone is 1. The lowest BCUT2D eigenvalue weighted by Crippen LogP contribution is -2.20. The highest BCUT2D eigenvalue weighted by atomic mass is 19.4. The van der Waals surface area contributed by atoms with Gasteiger partial charge in [-0.05, 0) is 61.6 Å². The number of hydrogen-bond donors (Lipinski definition) is 3. The molecule has 2 bridgehead atoms. The molecule has 1 aromatic carbocycles. The maximum absolute atomic E-state index is 14.3. The van der Waals surface area contributed by atoms with E-state index in [1.807, 2.05) is 0 Å². The van der Waals surface area contributed by atoms with E-state index in [1.54, 1.807) is 13.0 Å². The summed E-state index contributed by atoms with van der Waals surface area (Å²) in [6.45, 7) is 2.30. The van der Waals surface area contributed by atoms with Crippen LogP contribution in [0.5, 0.6) is 5.75 Å². The Balaban J connectivity index is 1.76. The van der Waals surface area contributed by atoms with E-state index in [2.05, 4.69) is 15.4 Å². The molecule has 1 unspecified atom stereocenters. The van der Waals surface area contributed by atoms with Crippen molar-refractivity contribution < 1.29 is 22.3 Å². The van der Waals surface area contributed by atoms with Gasteiger partial charge in [-0.1, -0.05) is 0 Å². The van der Waals surface area contributed by atoms with Gasteiger partial charge in [-0.2, -0.15) is 18.3 Å². The van der Waals surface area contributed by atoms with Gasteiger partial charge in [0.05, 0.1) is 5.69 Å². The zero-order valence-electron chi connectivity index (χ0n) is 19.4. The van der Waals surface area contributed by atoms with Crippen LogP contribution in [0.15, 0.2) is 42.1 Å². The van der Waals surface area contributed by atoms with Gasteiger partial charge in [0, 0.05) is 47.9 Å². The standard InChI is InChI=1S/C25H24F4N6O/c1-13-19-8-17(26)4-5-20(19)35-18(9-22(34-35)25(27,28)29)6-15(10-30)23(32-11-14-2-3-14)16-7-21(36-13)24(31)33-12-16/h4-5,7-10,12-14,30,32H,2-3,6,11H2,1H3,(H2,31,33)/b23-15-,30-10?. The van der Waals surface area contributed by atoms with Gasteiger partial charge in [0.2, 0.25) is 0 Å². The second kappa shape index (κ2) is 8.96. The van der Waals surface area contributed by atoms with Crippen LogP contribution in [0.3, 0.4) is 0 Å². The van der Waals surface area contributed by atoms with Crippen LogP contribution in [0.2, 0.25) is 0 Å². The summed E-state index contributed by atoms with van der Waals surface area (Å²) in [5.74, 6) is 0.264. The monoisotopic (exact) mass is 500 g/mol. The molecule has 1 atom stereocenters. The van der Waals surface area contributed by atoms with E-state index in [1.165, 1.54) is 18.3 Å². The Morgan fingerprint density at radius 1 is 1.25 bits per heavy atom. The Labute approximate surface area is 204 Å². The average Bonchev–Trinajstić information content (AvgIpc) is 3.56. The Kier molecular flexibility index (Phi) is 5.93. The maximum Gasteiger partial charge on any atom is 0.435 e. The highest BCUT2D eigenvalue weighted by Gasteiger charge is 2.36. The van der Waals surface area contributed by atoms with E-state index in [0.717, 1.165) is 35.9 Å². The maximum atomic E-state index is 14.3. The largest absolute Gasteiger partial charge is 0.482 e. The highest BCUT2D eigenvalue weighted by molar-refractivity contribution is 5.89. The van der Waals surface area contributed by atoms with Crippen molar-refractivity contribution in [3.05, 3.63) is 70.4 Å². The van der Waals surface area contributed by atoms with Crippen molar-refractivity contribution in [1.82, 2.24) is 20.1 Å². The molecule has 1 fully saturated rings. The summed E-state index contributed by atoms with van der Waals surface area (Å²) in [4.78, 5) is 4.24. The molecule has 1 aliphatic carbocycles. The van der Waals surface area contributed by atoms with E-state index in [-0.39, 0.29) is 34.9 Å². The number of ether oxygens (including phenoxy) is 1. The van der Waals surface area contributed by atoms with E-state index in [9.17, 15) is 17.6 Å². The topological polar surface area (TPSA) is 102 Å². The summed E-state index contributed by atoms with van der Waals surface area (Å²) in [6, 6.07) is 6.36. The molecule has 2 aliphatic rings. The van der Waals surface area contributed by atoms with Crippen LogP contribution in [0.4, 0.5) is 23.4 Å². The molecule has 0 saturated heterocycles. The minimum atomic E-state index is -4.69. The number of rotatable bonds is 4. The molecule has 0 spiro atoms. The number of aromatic nitrogens is 3. The van der Waals surface area contributed by atoms with E-state index >= 15 is 0 Å². The molecule has 1 aliphatic heterocycles. The van der Waals surface area contributed by atoms with Gasteiger partial charge in [0.1, 0.15) is 11.9 Å². The Hall–Kier alpha value is -3.89. The highest BCUT2D eigenvalue weighted by Crippen LogP contribution is 2.36. The molecule has 7 nitrogen and oxygen atoms in total. The number of benzene rings is 1. The van der Waals surface area contributed by atoms with Gasteiger partial charge in [-0.15, -0.1) is 0 Å². The van der Waals surface area contributed by atoms with E-state index in [4.69, 9.17) is 15.9 Å². The number of nitrogens with one attached hydrogen (secondary N) is 2. The van der Waals surface area contributed by atoms with Crippen LogP contribution in [0.1, 0.15) is 48.4 Å². The molecule has 1 saturated carbocycles. The van der Waals surface area contributed by atoms with Crippen LogP contribution < -0.4 is 15.8 Å². The van der Waals surface area contributed by atoms with Gasteiger partial charge >= 0.3 is 6.18 Å². The molecule has 0 amide bonds. The van der Waals surface area contributed by atoms with Crippen LogP contribution in [-0.4, -0.2) is 27.5 Å². The van der Waals surface area contributed by atoms with Crippen molar-refractivity contribution in [1.29, 1.82) is 5.41 Å². The number of fused-ring (bicyclic) bond motifs is 5. The molecule has 36 heavy (non-hydrogen) atoms. The van der Waals surface area contributed by atoms with Crippen LogP contribution in [0.25, 0.3) is 11.4 Å². The zero-order chi connectivity index (χ0) is 25.6. The summed E-state index contributed by atoms with van der Waals surface area (Å²) in [7, 11) is 0. The smallest absolute Gasteiger partial charge is 0.435 e. The summed E-state index contributed by atoms with van der Waals surface area (Å²) in [6.07, 6.45) is -0.716. The first kappa shape index (κ1) is 23.8. The quantitative estimate of drug-likeness (QED) is 0.343. The second-order valence-electron chi connectivity index (χ2n) is 9.05. The van der Waals surface area contributed by atoms with E-state index in [0.29, 0.717) is 29.3 Å². The average molecular weight is 501 g/mol. The molecule has 4 N–H and O–H groups in total. The lowest BCUT2D eigenvalue weighted by atomic mass is 10.0. The molecule has 11 heteroatoms. The SMILES string of the molecule is CC1Oc2cc(cnc2N)/C(NCC2CC2)=C(/C=N)Cc2cc(C(F)(F)F)nn2-c2ccc(F)cc21. The van der Waals surface area contributed by atoms with Crippen molar-refractivity contribution in [2.45, 2.75) is 38.5 Å². The third-order valence-corrected chi connectivity index (χ3v) is 6.33. The van der Waals surface area contributed by atoms with Gasteiger partial charge in [-0.3, -0.25) is 0 Å². The first-order chi connectivity index (χ1) is 17.1. The number of anilines is 1. The first-order valence-corrected chi connectivity index (χ1v) is 11.5. The lowest BCUT2D eigenvalue weighted by molar-refractivity contribution is -0.141. The summed E-state index contributed by atoms with van der Waals surface area (Å²) < 4.78 is 62.6. The molecule has 5 rings (SSSR count). The van der Waals surface area contributed by atoms with Crippen LogP contribution in [-0.2, 0) is 12.6 Å². The van der Waals surface area contributed by atoms with Crippen molar-refractivity contribution in [2.24, 2.45) is 5.92 Å². The number of nitrogens with two attached hydrogens (primary N) is 1. The fraction of sp³-hybridized carbons (Fsp3) is 0.320. The van der Waals surface area contributed by atoms with Gasteiger partial charge in [0.15, 0.2) is 17.3 Å². The predicted molar refractivity (Wildman–Crippen MR) is 126 cm³/mol. The molecule has 3 aromatic rings. The normalized spacial score (nSPS) is 19.9. The number of pyridine rings is 1. The van der Waals surface area contributed by atoms with Gasteiger partial charge in [0.25, 0.3) is 0 Å². The molecular weight excluding hydrogens is 476 g/mol. The first-order valence-electron chi connectivity index (χ1n) is 11.5. The molecular formula is C25H24F4N6O. The summed E-state index contributed by atoms with van der Waals surface area (Å²) in [5, 5.41) is 15.3. The number of alkyl halides is 3. The summed E-state index contributed by atoms with van der Waals surface area (Å²) in [5.41, 5.74) is 7.25. The van der Waals surface area contributed by atoms with Crippen molar-refractivity contribution >= 4 is 17.7 Å². The van der Waals surface area contributed by atoms with E-state index < -0.39 is 23.8 Å². The van der Waals surface area contributed by atoms with Crippen LogP contribution >= 0.6 is 0 Å². The third-order valence-electron chi connectivity index (χ3n) is 6.33. The third kappa shape index (κ3) is 4.65. The molecule has 2 aromatic heterocycles. The van der Waals surface area contributed by atoms with Crippen molar-refractivity contribution in [2.75, 3.05) is 12.3 Å². The minimum Gasteiger partial charge on any atom is -0.482 e. The second-order valence-corrected chi connectivity index (χ2v) is 9.05. The number of halogens is 4. The van der Waals surface area contributed by atoms with Crippen molar-refractivity contribution in [3.63, 3.8) is 0 Å². The lowest BCUT2D eigenvalue weighted by Gasteiger charge is -2.23. The fourth-order valence-corrected chi connectivity index (χ4v) is 4.25. The summed E-state index contributed by atoms with van der Waals surface area (Å²) >= 11 is 0. The predicted octanol–water partition coefficient (Wildman–Crippen LogP) is 5.06. The Morgan fingerprint density at radius 3 is 2.72 bits per heavy atom. The minimum absolute atomic E-state index is 0.0364. The van der Waals surface area contributed by atoms with Gasteiger partial charge in [-0.25, -0.2) is 14.1 Å². The number of nitrogen functional groups attached to an aromatic ring is 1. The Bertz CT molecular complexity index is 1360. The number of hydrogen-bond acceptors (Lipinski definition) is 6. The van der Waals surface area contributed by atoms with Gasteiger partial charge < -0.3 is 21.2 Å². The number of nitrogens with zero attached hydrogens (tertiary/aromatic N) is 3. The Morgan fingerprint density at radius 2 is 2.03 bits per heavy atom. The van der Waals surface area contributed by atoms with Crippen molar-refractivity contribution in [3.8, 4) is 11.4 Å². The van der Waals surface area contributed by atoms with Crippen LogP contribution in [0, 0.1) is 17.1 Å². The molecule has 0 radical (unpaired) electrons. The molecule has 188 valence electrons. The zero-order valence-corrected chi connectivity index (χ0v) is 19.4. The molecule has 3 heterocycles. The fourth-order valence-electron chi connectivity index (χ4n) is 4.25.